The smallest absolute Gasteiger partial charge is 0.310 e. The van der Waals surface area contributed by atoms with Crippen molar-refractivity contribution in [3.63, 3.8) is 0 Å². The molecule has 4 rings (SSSR count). The number of carbonyl (C=O) groups is 3. The average molecular weight is 343 g/mol. The molecule has 6 heteroatoms. The van der Waals surface area contributed by atoms with Gasteiger partial charge in [0, 0.05) is 11.6 Å². The minimum atomic E-state index is -0.454. The summed E-state index contributed by atoms with van der Waals surface area (Å²) in [6, 6.07) is 5.71. The SMILES string of the molecule is Cc1ccc(NC(=O)COC(=O)[C@@H]2[C@@H]3C[C@H]4[C@@H]2C(=O)O[C@@H]4C3)c(C)c1. The zero-order valence-electron chi connectivity index (χ0n) is 14.3. The summed E-state index contributed by atoms with van der Waals surface area (Å²) in [6.07, 6.45) is 1.57. The zero-order valence-corrected chi connectivity index (χ0v) is 14.3. The molecule has 2 aliphatic carbocycles. The lowest BCUT2D eigenvalue weighted by Gasteiger charge is -2.22. The fraction of sp³-hybridized carbons (Fsp3) is 0.526. The highest BCUT2D eigenvalue weighted by atomic mass is 16.6. The van der Waals surface area contributed by atoms with Crippen molar-refractivity contribution < 1.29 is 23.9 Å². The van der Waals surface area contributed by atoms with E-state index in [-0.39, 0.29) is 42.3 Å². The number of fused-ring (bicyclic) bond motifs is 1. The van der Waals surface area contributed by atoms with Crippen LogP contribution in [0.3, 0.4) is 0 Å². The molecular formula is C19H21NO5. The standard InChI is InChI=1S/C19H21NO5/c1-9-3-4-13(10(2)5-9)20-15(21)8-24-18(22)16-11-6-12-14(7-11)25-19(23)17(12)16/h3-5,11-12,14,16-17H,6-8H2,1-2H3,(H,20,21)/t11-,12-,14-,16-,17+/m1/s1. The Hall–Kier alpha value is -2.37. The van der Waals surface area contributed by atoms with Gasteiger partial charge in [-0.25, -0.2) is 0 Å². The van der Waals surface area contributed by atoms with Crippen molar-refractivity contribution in [3.05, 3.63) is 29.3 Å². The molecular weight excluding hydrogens is 322 g/mol. The third kappa shape index (κ3) is 2.69. The number of amides is 1. The van der Waals surface area contributed by atoms with E-state index in [1.165, 1.54) is 0 Å². The van der Waals surface area contributed by atoms with E-state index in [1.54, 1.807) is 0 Å². The van der Waals surface area contributed by atoms with E-state index in [0.717, 1.165) is 24.0 Å². The molecule has 1 aromatic rings. The van der Waals surface area contributed by atoms with Gasteiger partial charge < -0.3 is 14.8 Å². The first-order valence-electron chi connectivity index (χ1n) is 8.68. The van der Waals surface area contributed by atoms with Gasteiger partial charge in [-0.2, -0.15) is 0 Å². The van der Waals surface area contributed by atoms with Crippen LogP contribution < -0.4 is 5.32 Å². The van der Waals surface area contributed by atoms with E-state index in [4.69, 9.17) is 9.47 Å². The Kier molecular flexibility index (Phi) is 3.78. The summed E-state index contributed by atoms with van der Waals surface area (Å²) >= 11 is 0. The number of hydrogen-bond acceptors (Lipinski definition) is 5. The number of esters is 2. The van der Waals surface area contributed by atoms with Crippen LogP contribution in [-0.2, 0) is 23.9 Å². The lowest BCUT2D eigenvalue weighted by atomic mass is 9.80. The third-order valence-corrected chi connectivity index (χ3v) is 5.76. The van der Waals surface area contributed by atoms with Crippen LogP contribution in [0.25, 0.3) is 0 Å². The quantitative estimate of drug-likeness (QED) is 0.846. The lowest BCUT2D eigenvalue weighted by molar-refractivity contribution is -0.157. The molecule has 1 aliphatic heterocycles. The van der Waals surface area contributed by atoms with E-state index >= 15 is 0 Å². The largest absolute Gasteiger partial charge is 0.462 e. The minimum Gasteiger partial charge on any atom is -0.462 e. The molecule has 3 fully saturated rings. The highest BCUT2D eigenvalue weighted by Crippen LogP contribution is 2.57. The van der Waals surface area contributed by atoms with Gasteiger partial charge in [0.2, 0.25) is 0 Å². The Labute approximate surface area is 145 Å². The Balaban J connectivity index is 1.34. The van der Waals surface area contributed by atoms with Gasteiger partial charge in [0.1, 0.15) is 6.10 Å². The number of hydrogen-bond donors (Lipinski definition) is 1. The third-order valence-electron chi connectivity index (χ3n) is 5.76. The van der Waals surface area contributed by atoms with Gasteiger partial charge in [-0.15, -0.1) is 0 Å². The van der Waals surface area contributed by atoms with Gasteiger partial charge in [0.05, 0.1) is 11.8 Å². The summed E-state index contributed by atoms with van der Waals surface area (Å²) in [4.78, 5) is 36.4. The Morgan fingerprint density at radius 3 is 2.84 bits per heavy atom. The van der Waals surface area contributed by atoms with Crippen LogP contribution in [0, 0.1) is 37.5 Å². The summed E-state index contributed by atoms with van der Waals surface area (Å²) in [5.74, 6) is -1.65. The predicted molar refractivity (Wildman–Crippen MR) is 88.6 cm³/mol. The summed E-state index contributed by atoms with van der Waals surface area (Å²) in [6.45, 7) is 3.55. The second-order valence-electron chi connectivity index (χ2n) is 7.40. The molecule has 2 bridgehead atoms. The van der Waals surface area contributed by atoms with Gasteiger partial charge in [0.25, 0.3) is 5.91 Å². The van der Waals surface area contributed by atoms with Crippen LogP contribution in [0.2, 0.25) is 0 Å². The first-order chi connectivity index (χ1) is 11.9. The highest BCUT2D eigenvalue weighted by molar-refractivity contribution is 5.94. The lowest BCUT2D eigenvalue weighted by Crippen LogP contribution is -2.35. The van der Waals surface area contributed by atoms with Gasteiger partial charge in [-0.3, -0.25) is 14.4 Å². The van der Waals surface area contributed by atoms with E-state index < -0.39 is 11.9 Å². The minimum absolute atomic E-state index is 0.0145. The molecule has 1 saturated heterocycles. The summed E-state index contributed by atoms with van der Waals surface area (Å²) < 4.78 is 10.5. The molecule has 2 saturated carbocycles. The van der Waals surface area contributed by atoms with Gasteiger partial charge in [-0.1, -0.05) is 17.7 Å². The first kappa shape index (κ1) is 16.1. The van der Waals surface area contributed by atoms with E-state index in [0.29, 0.717) is 5.69 Å². The molecule has 0 unspecified atom stereocenters. The van der Waals surface area contributed by atoms with Crippen LogP contribution in [-0.4, -0.2) is 30.6 Å². The van der Waals surface area contributed by atoms with Crippen LogP contribution >= 0.6 is 0 Å². The maximum atomic E-state index is 12.4. The van der Waals surface area contributed by atoms with Crippen molar-refractivity contribution in [2.75, 3.05) is 11.9 Å². The first-order valence-corrected chi connectivity index (χ1v) is 8.68. The van der Waals surface area contributed by atoms with Gasteiger partial charge in [-0.05, 0) is 44.2 Å². The molecule has 0 radical (unpaired) electrons. The van der Waals surface area contributed by atoms with Crippen LogP contribution in [0.1, 0.15) is 24.0 Å². The Morgan fingerprint density at radius 1 is 1.28 bits per heavy atom. The molecule has 1 N–H and O–H groups in total. The normalized spacial score (nSPS) is 31.8. The fourth-order valence-corrected chi connectivity index (χ4v) is 4.70. The molecule has 1 aromatic carbocycles. The number of benzene rings is 1. The second kappa shape index (κ2) is 5.86. The van der Waals surface area contributed by atoms with Crippen molar-refractivity contribution in [2.24, 2.45) is 23.7 Å². The number of ether oxygens (including phenoxy) is 2. The zero-order chi connectivity index (χ0) is 17.7. The molecule has 0 aromatic heterocycles. The number of aryl methyl sites for hydroxylation is 2. The van der Waals surface area contributed by atoms with Gasteiger partial charge >= 0.3 is 11.9 Å². The topological polar surface area (TPSA) is 81.7 Å². The van der Waals surface area contributed by atoms with E-state index in [9.17, 15) is 14.4 Å². The number of nitrogens with one attached hydrogen (secondary N) is 1. The van der Waals surface area contributed by atoms with E-state index in [1.807, 2.05) is 32.0 Å². The molecule has 0 spiro atoms. The maximum Gasteiger partial charge on any atom is 0.310 e. The fourth-order valence-electron chi connectivity index (χ4n) is 4.70. The molecule has 3 aliphatic rings. The van der Waals surface area contributed by atoms with Crippen LogP contribution in [0.5, 0.6) is 0 Å². The monoisotopic (exact) mass is 343 g/mol. The van der Waals surface area contributed by atoms with Crippen molar-refractivity contribution in [1.82, 2.24) is 0 Å². The molecule has 5 atom stereocenters. The Bertz CT molecular complexity index is 756. The van der Waals surface area contributed by atoms with Crippen molar-refractivity contribution in [1.29, 1.82) is 0 Å². The average Bonchev–Trinajstić information content (AvgIpc) is 3.17. The van der Waals surface area contributed by atoms with Gasteiger partial charge in [0.15, 0.2) is 6.61 Å². The summed E-state index contributed by atoms with van der Waals surface area (Å²) in [5, 5.41) is 2.75. The maximum absolute atomic E-state index is 12.4. The summed E-state index contributed by atoms with van der Waals surface area (Å²) in [5.41, 5.74) is 2.77. The van der Waals surface area contributed by atoms with Crippen LogP contribution in [0.4, 0.5) is 5.69 Å². The molecule has 132 valence electrons. The predicted octanol–water partition coefficient (Wildman–Crippen LogP) is 1.98. The highest BCUT2D eigenvalue weighted by Gasteiger charge is 2.64. The number of rotatable bonds is 4. The van der Waals surface area contributed by atoms with Crippen molar-refractivity contribution in [3.8, 4) is 0 Å². The summed E-state index contributed by atoms with van der Waals surface area (Å²) in [7, 11) is 0. The molecule has 6 nitrogen and oxygen atoms in total. The molecule has 1 heterocycles. The number of anilines is 1. The van der Waals surface area contributed by atoms with Crippen molar-refractivity contribution in [2.45, 2.75) is 32.8 Å². The van der Waals surface area contributed by atoms with Crippen molar-refractivity contribution >= 4 is 23.5 Å². The van der Waals surface area contributed by atoms with Crippen LogP contribution in [0.15, 0.2) is 18.2 Å². The molecule has 25 heavy (non-hydrogen) atoms. The molecule has 1 amide bonds. The number of carbonyl (C=O) groups excluding carboxylic acids is 3. The van der Waals surface area contributed by atoms with E-state index in [2.05, 4.69) is 5.32 Å². The second-order valence-corrected chi connectivity index (χ2v) is 7.40. The Morgan fingerprint density at radius 2 is 2.08 bits per heavy atom.